The van der Waals surface area contributed by atoms with E-state index in [2.05, 4.69) is 216 Å². The quantitative estimate of drug-likeness (QED) is 0.154. The molecule has 9 aromatic carbocycles. The molecule has 0 saturated carbocycles. The highest BCUT2D eigenvalue weighted by molar-refractivity contribution is 7.25. The minimum absolute atomic E-state index is 0.870. The fourth-order valence-electron chi connectivity index (χ4n) is 8.22. The van der Waals surface area contributed by atoms with Gasteiger partial charge in [0, 0.05) is 71.1 Å². The molecular weight excluding hydrogens is 725 g/mol. The summed E-state index contributed by atoms with van der Waals surface area (Å²) >= 11 is 1.85. The van der Waals surface area contributed by atoms with E-state index in [1.54, 1.807) is 0 Å². The largest absolute Gasteiger partial charge is 0.456 e. The van der Waals surface area contributed by atoms with Crippen LogP contribution in [0.15, 0.2) is 223 Å². The Morgan fingerprint density at radius 3 is 1.34 bits per heavy atom. The number of para-hydroxylation sites is 2. The van der Waals surface area contributed by atoms with Crippen molar-refractivity contribution in [3.05, 3.63) is 218 Å². The van der Waals surface area contributed by atoms with Crippen molar-refractivity contribution in [2.75, 3.05) is 9.80 Å². The Kier molecular flexibility index (Phi) is 8.34. The Balaban J connectivity index is 0.944. The van der Waals surface area contributed by atoms with Gasteiger partial charge in [0.15, 0.2) is 0 Å². The number of furan rings is 1. The molecule has 3 nitrogen and oxygen atoms in total. The van der Waals surface area contributed by atoms with Crippen molar-refractivity contribution in [3.63, 3.8) is 0 Å². The third kappa shape index (κ3) is 6.08. The minimum Gasteiger partial charge on any atom is -0.456 e. The van der Waals surface area contributed by atoms with Crippen LogP contribution in [0.1, 0.15) is 0 Å². The molecule has 0 aliphatic heterocycles. The van der Waals surface area contributed by atoms with E-state index in [0.29, 0.717) is 0 Å². The Labute approximate surface area is 340 Å². The first-order chi connectivity index (χ1) is 28.7. The Morgan fingerprint density at radius 1 is 0.276 bits per heavy atom. The summed E-state index contributed by atoms with van der Waals surface area (Å²) in [6, 6.07) is 78.0. The van der Waals surface area contributed by atoms with Crippen LogP contribution >= 0.6 is 11.3 Å². The zero-order valence-corrected chi connectivity index (χ0v) is 32.3. The Hall–Kier alpha value is -7.40. The van der Waals surface area contributed by atoms with Crippen molar-refractivity contribution in [2.45, 2.75) is 0 Å². The molecule has 2 aromatic heterocycles. The van der Waals surface area contributed by atoms with Crippen molar-refractivity contribution in [2.24, 2.45) is 0 Å². The third-order valence-corrected chi connectivity index (χ3v) is 12.2. The fraction of sp³-hybridized carbons (Fsp3) is 0. The lowest BCUT2D eigenvalue weighted by atomic mass is 10.0. The molecule has 274 valence electrons. The summed E-state index contributed by atoms with van der Waals surface area (Å²) < 4.78 is 8.97. The van der Waals surface area contributed by atoms with Gasteiger partial charge in [-0.05, 0) is 113 Å². The number of fused-ring (bicyclic) bond motifs is 6. The molecule has 4 heteroatoms. The Morgan fingerprint density at radius 2 is 0.707 bits per heavy atom. The summed E-state index contributed by atoms with van der Waals surface area (Å²) in [5, 5.41) is 4.83. The van der Waals surface area contributed by atoms with E-state index in [4.69, 9.17) is 4.42 Å². The van der Waals surface area contributed by atoms with Crippen LogP contribution < -0.4 is 9.80 Å². The van der Waals surface area contributed by atoms with Gasteiger partial charge in [-0.25, -0.2) is 0 Å². The molecule has 58 heavy (non-hydrogen) atoms. The van der Waals surface area contributed by atoms with Crippen LogP contribution in [0, 0.1) is 0 Å². The molecule has 0 fully saturated rings. The van der Waals surface area contributed by atoms with Crippen molar-refractivity contribution in [3.8, 4) is 22.3 Å². The van der Waals surface area contributed by atoms with E-state index >= 15 is 0 Å². The number of nitrogens with zero attached hydrogens (tertiary/aromatic N) is 2. The van der Waals surface area contributed by atoms with Gasteiger partial charge >= 0.3 is 0 Å². The summed E-state index contributed by atoms with van der Waals surface area (Å²) in [6.45, 7) is 0. The molecule has 0 atom stereocenters. The van der Waals surface area contributed by atoms with Gasteiger partial charge in [-0.1, -0.05) is 121 Å². The van der Waals surface area contributed by atoms with Gasteiger partial charge in [0.05, 0.1) is 0 Å². The maximum Gasteiger partial charge on any atom is 0.137 e. The number of hydrogen-bond acceptors (Lipinski definition) is 4. The zero-order chi connectivity index (χ0) is 38.4. The summed E-state index contributed by atoms with van der Waals surface area (Å²) in [5.74, 6) is 0. The Bertz CT molecular complexity index is 3200. The molecule has 0 aliphatic carbocycles. The summed E-state index contributed by atoms with van der Waals surface area (Å²) in [5.41, 5.74) is 13.0. The summed E-state index contributed by atoms with van der Waals surface area (Å²) in [6.07, 6.45) is 0. The van der Waals surface area contributed by atoms with Gasteiger partial charge in [-0.2, -0.15) is 0 Å². The van der Waals surface area contributed by atoms with E-state index in [1.807, 2.05) is 23.5 Å². The highest BCUT2D eigenvalue weighted by Crippen LogP contribution is 2.42. The molecule has 11 aromatic rings. The van der Waals surface area contributed by atoms with E-state index in [-0.39, 0.29) is 0 Å². The smallest absolute Gasteiger partial charge is 0.137 e. The van der Waals surface area contributed by atoms with Crippen LogP contribution in [0.3, 0.4) is 0 Å². The van der Waals surface area contributed by atoms with Gasteiger partial charge in [-0.15, -0.1) is 11.3 Å². The van der Waals surface area contributed by atoms with Gasteiger partial charge in [0.25, 0.3) is 0 Å². The van der Waals surface area contributed by atoms with Crippen LogP contribution in [-0.2, 0) is 0 Å². The lowest BCUT2D eigenvalue weighted by Gasteiger charge is -2.26. The topological polar surface area (TPSA) is 19.6 Å². The molecule has 0 spiro atoms. The molecule has 2 heterocycles. The first kappa shape index (κ1) is 33.9. The number of hydrogen-bond donors (Lipinski definition) is 0. The fourth-order valence-corrected chi connectivity index (χ4v) is 9.30. The zero-order valence-electron chi connectivity index (χ0n) is 31.5. The van der Waals surface area contributed by atoms with E-state index in [9.17, 15) is 0 Å². The average molecular weight is 761 g/mol. The monoisotopic (exact) mass is 760 g/mol. The third-order valence-electron chi connectivity index (χ3n) is 11.1. The first-order valence-corrected chi connectivity index (χ1v) is 20.4. The molecule has 11 rings (SSSR count). The van der Waals surface area contributed by atoms with E-state index < -0.39 is 0 Å². The average Bonchev–Trinajstić information content (AvgIpc) is 3.86. The molecule has 0 bridgehead atoms. The lowest BCUT2D eigenvalue weighted by Crippen LogP contribution is -2.10. The summed E-state index contributed by atoms with van der Waals surface area (Å²) in [7, 11) is 0. The predicted octanol–water partition coefficient (Wildman–Crippen LogP) is 16.2. The lowest BCUT2D eigenvalue weighted by molar-refractivity contribution is 0.669. The normalized spacial score (nSPS) is 11.4. The standard InChI is InChI=1S/C54H36N2OS/c1-3-11-37(12-4-1)38-19-25-43(26-20-38)56(46-31-33-48-47-15-7-9-17-51(47)57-52(48)36-46)44-29-23-40(24-30-44)39-21-27-42(28-22-39)55(41-13-5-2-6-14-41)45-32-34-54-50(35-45)49-16-8-10-18-53(49)58-54/h1-36H. The van der Waals surface area contributed by atoms with Crippen LogP contribution in [0.5, 0.6) is 0 Å². The van der Waals surface area contributed by atoms with E-state index in [1.165, 1.54) is 31.3 Å². The van der Waals surface area contributed by atoms with Crippen LogP contribution in [0.4, 0.5) is 34.1 Å². The van der Waals surface area contributed by atoms with E-state index in [0.717, 1.165) is 67.2 Å². The predicted molar refractivity (Wildman–Crippen MR) is 247 cm³/mol. The second-order valence-corrected chi connectivity index (χ2v) is 15.7. The van der Waals surface area contributed by atoms with Gasteiger partial charge < -0.3 is 14.2 Å². The second-order valence-electron chi connectivity index (χ2n) is 14.6. The number of rotatable bonds is 8. The van der Waals surface area contributed by atoms with Crippen LogP contribution in [0.2, 0.25) is 0 Å². The SMILES string of the molecule is c1ccc(-c2ccc(N(c3ccc(-c4ccc(N(c5ccccc5)c5ccc6sc7ccccc7c6c5)cc4)cc3)c3ccc4c(c3)oc3ccccc34)cc2)cc1. The molecule has 0 radical (unpaired) electrons. The number of anilines is 6. The van der Waals surface area contributed by atoms with Crippen LogP contribution in [-0.4, -0.2) is 0 Å². The molecule has 0 aliphatic rings. The van der Waals surface area contributed by atoms with Gasteiger partial charge in [0.1, 0.15) is 11.2 Å². The van der Waals surface area contributed by atoms with Crippen molar-refractivity contribution < 1.29 is 4.42 Å². The van der Waals surface area contributed by atoms with Gasteiger partial charge in [-0.3, -0.25) is 0 Å². The maximum absolute atomic E-state index is 6.35. The molecule has 0 N–H and O–H groups in total. The number of thiophene rings is 1. The highest BCUT2D eigenvalue weighted by Gasteiger charge is 2.18. The maximum atomic E-state index is 6.35. The number of benzene rings is 9. The van der Waals surface area contributed by atoms with Crippen molar-refractivity contribution in [1.82, 2.24) is 0 Å². The first-order valence-electron chi connectivity index (χ1n) is 19.6. The molecule has 0 amide bonds. The molecular formula is C54H36N2OS. The van der Waals surface area contributed by atoms with Gasteiger partial charge in [0.2, 0.25) is 0 Å². The highest BCUT2D eigenvalue weighted by atomic mass is 32.1. The molecule has 0 saturated heterocycles. The van der Waals surface area contributed by atoms with Crippen molar-refractivity contribution >= 4 is 87.6 Å². The second kappa shape index (κ2) is 14.3. The molecule has 0 unspecified atom stereocenters. The summed E-state index contributed by atoms with van der Waals surface area (Å²) in [4.78, 5) is 4.65. The van der Waals surface area contributed by atoms with Crippen LogP contribution in [0.25, 0.3) is 64.4 Å². The van der Waals surface area contributed by atoms with Crippen molar-refractivity contribution in [1.29, 1.82) is 0 Å². The minimum atomic E-state index is 0.870.